The number of amides is 2. The first-order chi connectivity index (χ1) is 17.1. The Labute approximate surface area is 208 Å². The van der Waals surface area contributed by atoms with Gasteiger partial charge in [0.25, 0.3) is 5.91 Å². The molecule has 6 heteroatoms. The molecule has 186 valence electrons. The predicted molar refractivity (Wildman–Crippen MR) is 136 cm³/mol. The van der Waals surface area contributed by atoms with Crippen LogP contribution in [0.25, 0.3) is 0 Å². The van der Waals surface area contributed by atoms with E-state index in [0.29, 0.717) is 24.6 Å². The summed E-state index contributed by atoms with van der Waals surface area (Å²) in [5.41, 5.74) is 3.33. The Kier molecular flexibility index (Phi) is 7.37. The number of benzene rings is 2. The summed E-state index contributed by atoms with van der Waals surface area (Å²) < 4.78 is 5.21. The summed E-state index contributed by atoms with van der Waals surface area (Å²) in [6.07, 6.45) is 7.85. The fraction of sp³-hybridized carbons (Fsp3) is 0.517. The minimum Gasteiger partial charge on any atom is -0.497 e. The van der Waals surface area contributed by atoms with Gasteiger partial charge in [0.2, 0.25) is 5.91 Å². The van der Waals surface area contributed by atoms with E-state index in [0.717, 1.165) is 50.9 Å². The van der Waals surface area contributed by atoms with Crippen molar-refractivity contribution in [2.45, 2.75) is 57.0 Å². The summed E-state index contributed by atoms with van der Waals surface area (Å²) >= 11 is 0. The van der Waals surface area contributed by atoms with Crippen molar-refractivity contribution in [2.24, 2.45) is 5.92 Å². The molecule has 6 nitrogen and oxygen atoms in total. The van der Waals surface area contributed by atoms with E-state index in [4.69, 9.17) is 4.74 Å². The lowest BCUT2D eigenvalue weighted by Crippen LogP contribution is -2.58. The van der Waals surface area contributed by atoms with Crippen LogP contribution in [-0.4, -0.2) is 60.9 Å². The van der Waals surface area contributed by atoms with Gasteiger partial charge in [-0.05, 0) is 73.4 Å². The van der Waals surface area contributed by atoms with Gasteiger partial charge in [-0.2, -0.15) is 0 Å². The molecule has 1 aliphatic heterocycles. The molecule has 2 aromatic rings. The number of fused-ring (bicyclic) bond motifs is 1. The van der Waals surface area contributed by atoms with E-state index >= 15 is 0 Å². The van der Waals surface area contributed by atoms with Gasteiger partial charge in [-0.3, -0.25) is 14.5 Å². The van der Waals surface area contributed by atoms with Crippen LogP contribution in [-0.2, 0) is 11.2 Å². The Hall–Kier alpha value is -2.86. The molecule has 2 atom stereocenters. The molecule has 0 unspecified atom stereocenters. The fourth-order valence-corrected chi connectivity index (χ4v) is 6.23. The molecule has 1 saturated heterocycles. The van der Waals surface area contributed by atoms with Crippen molar-refractivity contribution in [3.63, 3.8) is 0 Å². The number of piperazine rings is 1. The molecule has 2 fully saturated rings. The monoisotopic (exact) mass is 475 g/mol. The van der Waals surface area contributed by atoms with Gasteiger partial charge in [0.05, 0.1) is 19.2 Å². The number of hydrogen-bond acceptors (Lipinski definition) is 4. The SMILES string of the molecule is COc1ccc(C(=O)N2CCN([C@@H](C(=O)N[C@@H]3CCCc4ccccc43)C3CCCC3)CC2)cc1. The molecule has 1 N–H and O–H groups in total. The number of hydrogen-bond donors (Lipinski definition) is 1. The number of ether oxygens (including phenoxy) is 1. The lowest BCUT2D eigenvalue weighted by molar-refractivity contribution is -0.130. The van der Waals surface area contributed by atoms with Gasteiger partial charge < -0.3 is 15.0 Å². The number of aryl methyl sites for hydroxylation is 1. The van der Waals surface area contributed by atoms with Crippen LogP contribution in [0.4, 0.5) is 0 Å². The minimum absolute atomic E-state index is 0.0491. The maximum Gasteiger partial charge on any atom is 0.253 e. The third kappa shape index (κ3) is 5.22. The Bertz CT molecular complexity index is 1020. The van der Waals surface area contributed by atoms with Crippen LogP contribution in [0.5, 0.6) is 5.75 Å². The molecule has 1 saturated carbocycles. The van der Waals surface area contributed by atoms with Gasteiger partial charge in [0.1, 0.15) is 5.75 Å². The first kappa shape index (κ1) is 23.9. The van der Waals surface area contributed by atoms with Crippen molar-refractivity contribution in [1.29, 1.82) is 0 Å². The van der Waals surface area contributed by atoms with Crippen LogP contribution in [0, 0.1) is 5.92 Å². The van der Waals surface area contributed by atoms with Crippen molar-refractivity contribution in [2.75, 3.05) is 33.3 Å². The Morgan fingerprint density at radius 3 is 2.34 bits per heavy atom. The standard InChI is InChI=1S/C29H37N3O3/c1-35-24-15-13-23(14-16-24)29(34)32-19-17-31(18-20-32)27(22-8-2-3-9-22)28(33)30-26-12-6-10-21-7-4-5-11-25(21)26/h4-5,7,11,13-16,22,26-27H,2-3,6,8-10,12,17-20H2,1H3,(H,30,33)/t26-,27-/m1/s1. The molecule has 2 aromatic carbocycles. The second-order valence-corrected chi connectivity index (χ2v) is 10.2. The Morgan fingerprint density at radius 2 is 1.63 bits per heavy atom. The van der Waals surface area contributed by atoms with E-state index in [2.05, 4.69) is 34.5 Å². The number of rotatable bonds is 6. The van der Waals surface area contributed by atoms with Crippen LogP contribution in [0.2, 0.25) is 0 Å². The molecular formula is C29H37N3O3. The third-order valence-electron chi connectivity index (χ3n) is 8.13. The van der Waals surface area contributed by atoms with Crippen LogP contribution < -0.4 is 10.1 Å². The van der Waals surface area contributed by atoms with Crippen molar-refractivity contribution in [3.05, 3.63) is 65.2 Å². The van der Waals surface area contributed by atoms with E-state index in [-0.39, 0.29) is 23.9 Å². The second kappa shape index (κ2) is 10.8. The van der Waals surface area contributed by atoms with E-state index in [1.807, 2.05) is 29.2 Å². The highest BCUT2D eigenvalue weighted by atomic mass is 16.5. The van der Waals surface area contributed by atoms with Crippen LogP contribution in [0.15, 0.2) is 48.5 Å². The Morgan fingerprint density at radius 1 is 0.914 bits per heavy atom. The summed E-state index contributed by atoms with van der Waals surface area (Å²) in [4.78, 5) is 31.1. The largest absolute Gasteiger partial charge is 0.497 e. The van der Waals surface area contributed by atoms with E-state index in [1.165, 1.54) is 24.0 Å². The fourth-order valence-electron chi connectivity index (χ4n) is 6.23. The normalized spacial score (nSPS) is 21.9. The molecule has 0 spiro atoms. The molecule has 0 radical (unpaired) electrons. The average molecular weight is 476 g/mol. The lowest BCUT2D eigenvalue weighted by atomic mass is 9.87. The van der Waals surface area contributed by atoms with Crippen LogP contribution in [0.3, 0.4) is 0 Å². The molecule has 0 aromatic heterocycles. The topological polar surface area (TPSA) is 61.9 Å². The summed E-state index contributed by atoms with van der Waals surface area (Å²) in [5.74, 6) is 1.37. The molecule has 1 heterocycles. The zero-order valence-corrected chi connectivity index (χ0v) is 20.7. The van der Waals surface area contributed by atoms with Gasteiger partial charge in [0, 0.05) is 31.7 Å². The van der Waals surface area contributed by atoms with E-state index < -0.39 is 0 Å². The molecule has 5 rings (SSSR count). The van der Waals surface area contributed by atoms with E-state index in [1.54, 1.807) is 7.11 Å². The summed E-state index contributed by atoms with van der Waals surface area (Å²) in [6.45, 7) is 2.76. The number of carbonyl (C=O) groups is 2. The summed E-state index contributed by atoms with van der Waals surface area (Å²) in [7, 11) is 1.62. The van der Waals surface area contributed by atoms with Crippen molar-refractivity contribution >= 4 is 11.8 Å². The van der Waals surface area contributed by atoms with Crippen molar-refractivity contribution in [3.8, 4) is 5.75 Å². The molecule has 0 bridgehead atoms. The van der Waals surface area contributed by atoms with Gasteiger partial charge >= 0.3 is 0 Å². The molecule has 2 amide bonds. The Balaban J connectivity index is 1.25. The minimum atomic E-state index is -0.107. The predicted octanol–water partition coefficient (Wildman–Crippen LogP) is 4.21. The highest BCUT2D eigenvalue weighted by Crippen LogP contribution is 2.33. The molecule has 3 aliphatic rings. The molecule has 2 aliphatic carbocycles. The third-order valence-corrected chi connectivity index (χ3v) is 8.13. The highest BCUT2D eigenvalue weighted by Gasteiger charge is 2.38. The van der Waals surface area contributed by atoms with Gasteiger partial charge in [-0.15, -0.1) is 0 Å². The van der Waals surface area contributed by atoms with Crippen LogP contribution >= 0.6 is 0 Å². The van der Waals surface area contributed by atoms with E-state index in [9.17, 15) is 9.59 Å². The van der Waals surface area contributed by atoms with Crippen LogP contribution in [0.1, 0.15) is 66.1 Å². The van der Waals surface area contributed by atoms with Crippen molar-refractivity contribution < 1.29 is 14.3 Å². The number of carbonyl (C=O) groups excluding carboxylic acids is 2. The number of nitrogens with one attached hydrogen (secondary N) is 1. The zero-order valence-electron chi connectivity index (χ0n) is 20.7. The summed E-state index contributed by atoms with van der Waals surface area (Å²) in [5, 5.41) is 3.45. The summed E-state index contributed by atoms with van der Waals surface area (Å²) in [6, 6.07) is 15.8. The van der Waals surface area contributed by atoms with Gasteiger partial charge in [0.15, 0.2) is 0 Å². The second-order valence-electron chi connectivity index (χ2n) is 10.2. The highest BCUT2D eigenvalue weighted by molar-refractivity contribution is 5.94. The maximum absolute atomic E-state index is 13.8. The maximum atomic E-state index is 13.8. The first-order valence-corrected chi connectivity index (χ1v) is 13.2. The number of methoxy groups -OCH3 is 1. The van der Waals surface area contributed by atoms with Gasteiger partial charge in [-0.1, -0.05) is 37.1 Å². The smallest absolute Gasteiger partial charge is 0.253 e. The van der Waals surface area contributed by atoms with Crippen molar-refractivity contribution in [1.82, 2.24) is 15.1 Å². The zero-order chi connectivity index (χ0) is 24.2. The molecular weight excluding hydrogens is 438 g/mol. The average Bonchev–Trinajstić information content (AvgIpc) is 3.43. The quantitative estimate of drug-likeness (QED) is 0.680. The van der Waals surface area contributed by atoms with Gasteiger partial charge in [-0.25, -0.2) is 0 Å². The lowest BCUT2D eigenvalue weighted by Gasteiger charge is -2.41. The first-order valence-electron chi connectivity index (χ1n) is 13.2. The molecule has 35 heavy (non-hydrogen) atoms. The number of nitrogens with zero attached hydrogens (tertiary/aromatic N) is 2.